The number of hydrogen-bond donors (Lipinski definition) is 1. The molecule has 102 valence electrons. The molecule has 1 heterocycles. The molecular formula is C15H20ClN3. The molecule has 3 nitrogen and oxygen atoms in total. The van der Waals surface area contributed by atoms with Crippen molar-refractivity contribution in [2.75, 3.05) is 6.54 Å². The lowest BCUT2D eigenvalue weighted by molar-refractivity contribution is 0.590. The monoisotopic (exact) mass is 277 g/mol. The van der Waals surface area contributed by atoms with E-state index in [0.29, 0.717) is 12.6 Å². The number of nitrogens with zero attached hydrogens (tertiary/aromatic N) is 2. The van der Waals surface area contributed by atoms with Crippen LogP contribution in [-0.2, 0) is 6.54 Å². The van der Waals surface area contributed by atoms with E-state index in [-0.39, 0.29) is 0 Å². The van der Waals surface area contributed by atoms with Crippen LogP contribution in [0.15, 0.2) is 30.5 Å². The molecule has 1 aromatic carbocycles. The van der Waals surface area contributed by atoms with E-state index in [0.717, 1.165) is 17.1 Å². The number of benzene rings is 1. The summed E-state index contributed by atoms with van der Waals surface area (Å²) in [4.78, 5) is 0. The third-order valence-electron chi connectivity index (χ3n) is 3.40. The summed E-state index contributed by atoms with van der Waals surface area (Å²) in [5.41, 5.74) is 3.53. The molecule has 1 aromatic heterocycles. The summed E-state index contributed by atoms with van der Waals surface area (Å²) in [5.74, 6) is 0. The largest absolute Gasteiger partial charge is 0.310 e. The molecule has 0 spiro atoms. The molecule has 0 amide bonds. The average molecular weight is 278 g/mol. The first kappa shape index (κ1) is 14.1. The molecule has 1 N–H and O–H groups in total. The fourth-order valence-electron chi connectivity index (χ4n) is 2.25. The molecular weight excluding hydrogens is 258 g/mol. The number of hydrogen-bond acceptors (Lipinski definition) is 2. The van der Waals surface area contributed by atoms with Crippen molar-refractivity contribution in [3.8, 4) is 0 Å². The summed E-state index contributed by atoms with van der Waals surface area (Å²) in [6.07, 6.45) is 1.94. The van der Waals surface area contributed by atoms with E-state index in [1.54, 1.807) is 0 Å². The van der Waals surface area contributed by atoms with Crippen LogP contribution >= 0.6 is 11.6 Å². The van der Waals surface area contributed by atoms with Crippen LogP contribution in [0.1, 0.15) is 36.7 Å². The Bertz CT molecular complexity index is 548. The normalized spacial score (nSPS) is 12.6. The van der Waals surface area contributed by atoms with Gasteiger partial charge in [-0.15, -0.1) is 0 Å². The van der Waals surface area contributed by atoms with E-state index in [1.807, 2.05) is 35.1 Å². The fourth-order valence-corrected chi connectivity index (χ4v) is 2.45. The Morgan fingerprint density at radius 1 is 1.37 bits per heavy atom. The number of aromatic nitrogens is 2. The molecule has 19 heavy (non-hydrogen) atoms. The highest BCUT2D eigenvalue weighted by atomic mass is 35.5. The lowest BCUT2D eigenvalue weighted by Crippen LogP contribution is -2.18. The Morgan fingerprint density at radius 2 is 2.11 bits per heavy atom. The van der Waals surface area contributed by atoms with Gasteiger partial charge in [0.2, 0.25) is 0 Å². The third-order valence-corrected chi connectivity index (χ3v) is 3.76. The molecule has 1 atom stereocenters. The fraction of sp³-hybridized carbons (Fsp3) is 0.400. The SMILES string of the molecule is CCNC(C)c1cnn(Cc2ccccc2Cl)c1C. The second kappa shape index (κ2) is 6.22. The zero-order valence-electron chi connectivity index (χ0n) is 11.7. The summed E-state index contributed by atoms with van der Waals surface area (Å²) in [6, 6.07) is 8.22. The van der Waals surface area contributed by atoms with E-state index >= 15 is 0 Å². The van der Waals surface area contributed by atoms with Gasteiger partial charge in [-0.05, 0) is 32.0 Å². The van der Waals surface area contributed by atoms with Crippen molar-refractivity contribution in [2.24, 2.45) is 0 Å². The van der Waals surface area contributed by atoms with Gasteiger partial charge in [-0.1, -0.05) is 36.7 Å². The van der Waals surface area contributed by atoms with Crippen molar-refractivity contribution >= 4 is 11.6 Å². The second-order valence-electron chi connectivity index (χ2n) is 4.71. The zero-order valence-corrected chi connectivity index (χ0v) is 12.4. The summed E-state index contributed by atoms with van der Waals surface area (Å²) in [7, 11) is 0. The molecule has 2 aromatic rings. The van der Waals surface area contributed by atoms with E-state index < -0.39 is 0 Å². The molecule has 0 aliphatic carbocycles. The molecule has 0 aliphatic heterocycles. The van der Waals surface area contributed by atoms with Crippen molar-refractivity contribution in [1.82, 2.24) is 15.1 Å². The van der Waals surface area contributed by atoms with Gasteiger partial charge in [-0.25, -0.2) is 0 Å². The van der Waals surface area contributed by atoms with Gasteiger partial charge in [0.1, 0.15) is 0 Å². The Kier molecular flexibility index (Phi) is 4.61. The van der Waals surface area contributed by atoms with E-state index in [4.69, 9.17) is 11.6 Å². The van der Waals surface area contributed by atoms with Crippen LogP contribution in [0.2, 0.25) is 5.02 Å². The minimum Gasteiger partial charge on any atom is -0.310 e. The summed E-state index contributed by atoms with van der Waals surface area (Å²) >= 11 is 6.19. The maximum Gasteiger partial charge on any atom is 0.0677 e. The van der Waals surface area contributed by atoms with Crippen molar-refractivity contribution in [3.05, 3.63) is 52.3 Å². The molecule has 0 fully saturated rings. The highest BCUT2D eigenvalue weighted by Gasteiger charge is 2.13. The highest BCUT2D eigenvalue weighted by Crippen LogP contribution is 2.20. The minimum absolute atomic E-state index is 0.324. The van der Waals surface area contributed by atoms with Crippen molar-refractivity contribution in [2.45, 2.75) is 33.4 Å². The van der Waals surface area contributed by atoms with Crippen LogP contribution in [0.3, 0.4) is 0 Å². The molecule has 1 unspecified atom stereocenters. The summed E-state index contributed by atoms with van der Waals surface area (Å²) < 4.78 is 2.00. The van der Waals surface area contributed by atoms with Crippen LogP contribution < -0.4 is 5.32 Å². The first-order valence-electron chi connectivity index (χ1n) is 6.62. The first-order valence-corrected chi connectivity index (χ1v) is 7.00. The third kappa shape index (κ3) is 3.17. The predicted octanol–water partition coefficient (Wildman–Crippen LogP) is 3.56. The Labute approximate surface area is 119 Å². The maximum atomic E-state index is 6.19. The molecule has 2 rings (SSSR count). The minimum atomic E-state index is 0.324. The lowest BCUT2D eigenvalue weighted by Gasteiger charge is -2.12. The quantitative estimate of drug-likeness (QED) is 0.906. The molecule has 0 saturated heterocycles. The van der Waals surface area contributed by atoms with E-state index in [1.165, 1.54) is 11.3 Å². The molecule has 0 radical (unpaired) electrons. The van der Waals surface area contributed by atoms with Crippen molar-refractivity contribution in [3.63, 3.8) is 0 Å². The molecule has 4 heteroatoms. The van der Waals surface area contributed by atoms with Gasteiger partial charge < -0.3 is 5.32 Å². The van der Waals surface area contributed by atoms with Crippen LogP contribution in [-0.4, -0.2) is 16.3 Å². The van der Waals surface area contributed by atoms with Crippen molar-refractivity contribution in [1.29, 1.82) is 0 Å². The second-order valence-corrected chi connectivity index (χ2v) is 5.12. The molecule has 0 bridgehead atoms. The molecule has 0 saturated carbocycles. The maximum absolute atomic E-state index is 6.19. The number of rotatable bonds is 5. The van der Waals surface area contributed by atoms with Gasteiger partial charge in [-0.2, -0.15) is 5.10 Å². The van der Waals surface area contributed by atoms with Gasteiger partial charge >= 0.3 is 0 Å². The van der Waals surface area contributed by atoms with Gasteiger partial charge in [0, 0.05) is 22.3 Å². The van der Waals surface area contributed by atoms with Gasteiger partial charge in [0.25, 0.3) is 0 Å². The zero-order chi connectivity index (χ0) is 13.8. The van der Waals surface area contributed by atoms with Crippen molar-refractivity contribution < 1.29 is 0 Å². The van der Waals surface area contributed by atoms with Gasteiger partial charge in [-0.3, -0.25) is 4.68 Å². The summed E-state index contributed by atoms with van der Waals surface area (Å²) in [6.45, 7) is 8.04. The topological polar surface area (TPSA) is 29.9 Å². The Morgan fingerprint density at radius 3 is 2.79 bits per heavy atom. The number of nitrogens with one attached hydrogen (secondary N) is 1. The lowest BCUT2D eigenvalue weighted by atomic mass is 10.1. The molecule has 0 aliphatic rings. The smallest absolute Gasteiger partial charge is 0.0677 e. The van der Waals surface area contributed by atoms with E-state index in [9.17, 15) is 0 Å². The average Bonchev–Trinajstić information content (AvgIpc) is 2.74. The standard InChI is InChI=1S/C15H20ClN3/c1-4-17-11(2)14-9-18-19(12(14)3)10-13-7-5-6-8-15(13)16/h5-9,11,17H,4,10H2,1-3H3. The Balaban J connectivity index is 2.21. The van der Waals surface area contributed by atoms with Crippen LogP contribution in [0.5, 0.6) is 0 Å². The van der Waals surface area contributed by atoms with Crippen LogP contribution in [0, 0.1) is 6.92 Å². The van der Waals surface area contributed by atoms with Gasteiger partial charge in [0.05, 0.1) is 12.7 Å². The van der Waals surface area contributed by atoms with Gasteiger partial charge in [0.15, 0.2) is 0 Å². The van der Waals surface area contributed by atoms with E-state index in [2.05, 4.69) is 31.2 Å². The van der Waals surface area contributed by atoms with Crippen LogP contribution in [0.25, 0.3) is 0 Å². The first-order chi connectivity index (χ1) is 9.13. The highest BCUT2D eigenvalue weighted by molar-refractivity contribution is 6.31. The van der Waals surface area contributed by atoms with Crippen LogP contribution in [0.4, 0.5) is 0 Å². The summed E-state index contributed by atoms with van der Waals surface area (Å²) in [5, 5.41) is 8.68. The number of halogens is 1. The predicted molar refractivity (Wildman–Crippen MR) is 79.6 cm³/mol. The Hall–Kier alpha value is -1.32.